The summed E-state index contributed by atoms with van der Waals surface area (Å²) in [5.41, 5.74) is 8.70. The van der Waals surface area contributed by atoms with Crippen molar-refractivity contribution in [1.82, 2.24) is 20.9 Å². The van der Waals surface area contributed by atoms with Crippen LogP contribution in [0.2, 0.25) is 0 Å². The Kier molecular flexibility index (Phi) is 11.7. The Morgan fingerprint density at radius 1 is 0.860 bits per heavy atom. The number of carbonyl (C=O) groups is 4. The first-order chi connectivity index (χ1) is 20.4. The lowest BCUT2D eigenvalue weighted by molar-refractivity contribution is -0.142. The van der Waals surface area contributed by atoms with Crippen molar-refractivity contribution in [2.45, 2.75) is 77.5 Å². The number of aliphatic carboxylic acids is 1. The Morgan fingerprint density at radius 2 is 1.51 bits per heavy atom. The molecule has 5 atom stereocenters. The molecule has 43 heavy (non-hydrogen) atoms. The third kappa shape index (κ3) is 9.31. The third-order valence-electron chi connectivity index (χ3n) is 7.58. The largest absolute Gasteiger partial charge is 0.508 e. The Morgan fingerprint density at radius 3 is 2.14 bits per heavy atom. The molecule has 0 aliphatic carbocycles. The summed E-state index contributed by atoms with van der Waals surface area (Å²) in [5, 5.41) is 28.3. The number of rotatable bonds is 15. The molecule has 3 amide bonds. The number of hydrogen-bond donors (Lipinski definition) is 7. The molecule has 3 rings (SSSR count). The third-order valence-corrected chi connectivity index (χ3v) is 7.58. The van der Waals surface area contributed by atoms with Gasteiger partial charge in [0.1, 0.15) is 23.9 Å². The number of benzene rings is 2. The van der Waals surface area contributed by atoms with Crippen molar-refractivity contribution in [1.29, 1.82) is 0 Å². The molecule has 0 saturated carbocycles. The summed E-state index contributed by atoms with van der Waals surface area (Å²) in [7, 11) is 0. The lowest BCUT2D eigenvalue weighted by Crippen LogP contribution is -2.59. The van der Waals surface area contributed by atoms with Gasteiger partial charge in [-0.1, -0.05) is 64.4 Å². The number of hydrogen-bond acceptors (Lipinski definition) is 6. The Hall–Kier alpha value is -4.38. The van der Waals surface area contributed by atoms with Gasteiger partial charge in [0.25, 0.3) is 0 Å². The average molecular weight is 594 g/mol. The van der Waals surface area contributed by atoms with E-state index in [1.165, 1.54) is 12.1 Å². The van der Waals surface area contributed by atoms with E-state index in [0.29, 0.717) is 12.0 Å². The summed E-state index contributed by atoms with van der Waals surface area (Å²) in [6, 6.07) is 9.57. The summed E-state index contributed by atoms with van der Waals surface area (Å²) in [4.78, 5) is 55.2. The van der Waals surface area contributed by atoms with Gasteiger partial charge < -0.3 is 36.9 Å². The van der Waals surface area contributed by atoms with Crippen molar-refractivity contribution < 1.29 is 29.4 Å². The molecule has 5 unspecified atom stereocenters. The fourth-order valence-electron chi connectivity index (χ4n) is 4.90. The molecule has 3 aromatic rings. The summed E-state index contributed by atoms with van der Waals surface area (Å²) >= 11 is 0. The maximum atomic E-state index is 13.5. The molecular formula is C32H43N5O6. The van der Waals surface area contributed by atoms with Gasteiger partial charge in [0.15, 0.2) is 0 Å². The summed E-state index contributed by atoms with van der Waals surface area (Å²) in [5.74, 6) is -3.14. The van der Waals surface area contributed by atoms with Gasteiger partial charge in [-0.2, -0.15) is 0 Å². The number of amides is 3. The molecule has 1 heterocycles. The van der Waals surface area contributed by atoms with Crippen LogP contribution in [0.3, 0.4) is 0 Å². The van der Waals surface area contributed by atoms with E-state index in [2.05, 4.69) is 20.9 Å². The highest BCUT2D eigenvalue weighted by Crippen LogP contribution is 2.19. The smallest absolute Gasteiger partial charge is 0.326 e. The number of carboxylic acids is 1. The second-order valence-corrected chi connectivity index (χ2v) is 11.5. The van der Waals surface area contributed by atoms with Crippen LogP contribution in [0.25, 0.3) is 10.9 Å². The number of phenolic OH excluding ortho intramolecular Hbond substituents is 1. The Bertz CT molecular complexity index is 1400. The number of aromatic nitrogens is 1. The van der Waals surface area contributed by atoms with Crippen LogP contribution in [-0.2, 0) is 32.0 Å². The minimum atomic E-state index is -1.25. The first-order valence-electron chi connectivity index (χ1n) is 14.6. The number of aromatic amines is 1. The number of fused-ring (bicyclic) bond motifs is 1. The molecule has 0 saturated heterocycles. The van der Waals surface area contributed by atoms with E-state index in [0.717, 1.165) is 16.5 Å². The van der Waals surface area contributed by atoms with Gasteiger partial charge in [0.05, 0.1) is 6.04 Å². The summed E-state index contributed by atoms with van der Waals surface area (Å²) < 4.78 is 0. The molecule has 0 fully saturated rings. The average Bonchev–Trinajstić information content (AvgIpc) is 3.37. The molecule has 11 heteroatoms. The van der Waals surface area contributed by atoms with Crippen LogP contribution < -0.4 is 21.7 Å². The van der Waals surface area contributed by atoms with Gasteiger partial charge in [-0.3, -0.25) is 14.4 Å². The fourth-order valence-corrected chi connectivity index (χ4v) is 4.90. The predicted molar refractivity (Wildman–Crippen MR) is 164 cm³/mol. The zero-order valence-electron chi connectivity index (χ0n) is 25.1. The van der Waals surface area contributed by atoms with Crippen LogP contribution in [0.4, 0.5) is 0 Å². The van der Waals surface area contributed by atoms with E-state index >= 15 is 0 Å². The quantitative estimate of drug-likeness (QED) is 0.141. The monoisotopic (exact) mass is 593 g/mol. The fraction of sp³-hybridized carbons (Fsp3) is 0.438. The molecule has 11 nitrogen and oxygen atoms in total. The van der Waals surface area contributed by atoms with Crippen LogP contribution in [0, 0.1) is 11.8 Å². The van der Waals surface area contributed by atoms with E-state index in [4.69, 9.17) is 5.73 Å². The van der Waals surface area contributed by atoms with Crippen molar-refractivity contribution in [3.63, 3.8) is 0 Å². The molecule has 232 valence electrons. The standard InChI is InChI=1S/C32H43N5O6/c1-5-19(4)28(37-29(39)24(33)16-21-17-34-25-9-7-6-8-23(21)25)31(41)35-26(14-18(2)3)30(40)36-27(32(42)43)15-20-10-12-22(38)13-11-20/h6-13,17-19,24,26-28,34,38H,5,14-16,33H2,1-4H3,(H,35,41)(H,36,40)(H,37,39)(H,42,43). The SMILES string of the molecule is CCC(C)C(NC(=O)C(N)Cc1c[nH]c2ccccc12)C(=O)NC(CC(C)C)C(=O)NC(Cc1ccc(O)cc1)C(=O)O. The van der Waals surface area contributed by atoms with Crippen LogP contribution in [0.15, 0.2) is 54.7 Å². The number of carboxylic acid groups (broad SMARTS) is 1. The molecule has 0 aliphatic heterocycles. The number of carbonyl (C=O) groups excluding carboxylic acids is 3. The molecule has 8 N–H and O–H groups in total. The van der Waals surface area contributed by atoms with E-state index in [1.54, 1.807) is 12.1 Å². The summed E-state index contributed by atoms with van der Waals surface area (Å²) in [6.07, 6.45) is 2.90. The lowest BCUT2D eigenvalue weighted by Gasteiger charge is -2.28. The van der Waals surface area contributed by atoms with Crippen LogP contribution >= 0.6 is 0 Å². The maximum absolute atomic E-state index is 13.5. The van der Waals surface area contributed by atoms with Gasteiger partial charge in [-0.05, 0) is 54.0 Å². The van der Waals surface area contributed by atoms with E-state index in [-0.39, 0.29) is 36.8 Å². The first-order valence-corrected chi connectivity index (χ1v) is 14.6. The highest BCUT2D eigenvalue weighted by atomic mass is 16.4. The normalized spacial score (nSPS) is 14.8. The zero-order valence-corrected chi connectivity index (χ0v) is 25.1. The van der Waals surface area contributed by atoms with E-state index < -0.39 is 47.9 Å². The van der Waals surface area contributed by atoms with Crippen molar-refractivity contribution in [2.24, 2.45) is 17.6 Å². The summed E-state index contributed by atoms with van der Waals surface area (Å²) in [6.45, 7) is 7.48. The molecule has 1 aromatic heterocycles. The lowest BCUT2D eigenvalue weighted by atomic mass is 9.95. The number of H-pyrrole nitrogens is 1. The van der Waals surface area contributed by atoms with Crippen LogP contribution in [0.5, 0.6) is 5.75 Å². The van der Waals surface area contributed by atoms with Crippen molar-refractivity contribution in [3.8, 4) is 5.75 Å². The molecule has 0 spiro atoms. The number of aromatic hydroxyl groups is 1. The van der Waals surface area contributed by atoms with Gasteiger partial charge in [0.2, 0.25) is 17.7 Å². The van der Waals surface area contributed by atoms with Crippen molar-refractivity contribution >= 4 is 34.6 Å². The molecule has 0 aliphatic rings. The van der Waals surface area contributed by atoms with Gasteiger partial charge in [-0.15, -0.1) is 0 Å². The number of nitrogens with one attached hydrogen (secondary N) is 4. The van der Waals surface area contributed by atoms with Gasteiger partial charge in [0, 0.05) is 23.5 Å². The number of para-hydroxylation sites is 1. The minimum Gasteiger partial charge on any atom is -0.508 e. The maximum Gasteiger partial charge on any atom is 0.326 e. The first kappa shape index (κ1) is 33.1. The van der Waals surface area contributed by atoms with Crippen LogP contribution in [0.1, 0.15) is 51.7 Å². The molecule has 0 bridgehead atoms. The Labute approximate surface area is 251 Å². The van der Waals surface area contributed by atoms with Crippen molar-refractivity contribution in [3.05, 3.63) is 65.9 Å². The topological polar surface area (TPSA) is 187 Å². The molecule has 2 aromatic carbocycles. The second kappa shape index (κ2) is 15.2. The van der Waals surface area contributed by atoms with Gasteiger partial charge >= 0.3 is 5.97 Å². The number of nitrogens with two attached hydrogens (primary N) is 1. The van der Waals surface area contributed by atoms with E-state index in [9.17, 15) is 29.4 Å². The molecule has 0 radical (unpaired) electrons. The minimum absolute atomic E-state index is 0.00216. The highest BCUT2D eigenvalue weighted by Gasteiger charge is 2.33. The second-order valence-electron chi connectivity index (χ2n) is 11.5. The number of phenols is 1. The highest BCUT2D eigenvalue weighted by molar-refractivity contribution is 5.94. The van der Waals surface area contributed by atoms with Crippen LogP contribution in [-0.4, -0.2) is 63.1 Å². The predicted octanol–water partition coefficient (Wildman–Crippen LogP) is 2.62. The molecular weight excluding hydrogens is 550 g/mol. The Balaban J connectivity index is 1.71. The van der Waals surface area contributed by atoms with Gasteiger partial charge in [-0.25, -0.2) is 4.79 Å². The zero-order chi connectivity index (χ0) is 31.7. The van der Waals surface area contributed by atoms with Crippen molar-refractivity contribution in [2.75, 3.05) is 0 Å². The van der Waals surface area contributed by atoms with E-state index in [1.807, 2.05) is 58.2 Å².